The van der Waals surface area contributed by atoms with Crippen LogP contribution in [0.2, 0.25) is 0 Å². The highest BCUT2D eigenvalue weighted by Crippen LogP contribution is 2.15. The lowest BCUT2D eigenvalue weighted by Gasteiger charge is -2.18. The molecule has 0 aromatic heterocycles. The number of aliphatic hydroxyl groups is 2. The molecule has 0 aliphatic carbocycles. The molecule has 10 heteroatoms. The van der Waals surface area contributed by atoms with Gasteiger partial charge in [-0.05, 0) is 24.1 Å². The Morgan fingerprint density at radius 1 is 1.26 bits per heavy atom. The summed E-state index contributed by atoms with van der Waals surface area (Å²) < 4.78 is 34.5. The summed E-state index contributed by atoms with van der Waals surface area (Å²) in [5.41, 5.74) is 0.648. The molecule has 0 saturated heterocycles. The number of rotatable bonds is 9. The van der Waals surface area contributed by atoms with Crippen LogP contribution in [0.4, 0.5) is 0 Å². The first-order valence-corrected chi connectivity index (χ1v) is 8.13. The van der Waals surface area contributed by atoms with E-state index in [1.165, 1.54) is 12.1 Å². The molecule has 1 rings (SSSR count). The molecule has 0 spiro atoms. The first-order valence-electron chi connectivity index (χ1n) is 6.52. The van der Waals surface area contributed by atoms with Gasteiger partial charge in [0.15, 0.2) is 6.29 Å². The van der Waals surface area contributed by atoms with Crippen molar-refractivity contribution in [3.8, 4) is 5.75 Å². The predicted molar refractivity (Wildman–Crippen MR) is 78.0 cm³/mol. The van der Waals surface area contributed by atoms with E-state index in [1.807, 2.05) is 0 Å². The molecule has 0 saturated carbocycles. The summed E-state index contributed by atoms with van der Waals surface area (Å²) in [6.07, 6.45) is -1.70. The van der Waals surface area contributed by atoms with Gasteiger partial charge in [-0.2, -0.15) is 8.42 Å². The third kappa shape index (κ3) is 7.70. The topological polar surface area (TPSA) is 150 Å². The van der Waals surface area contributed by atoms with Gasteiger partial charge < -0.3 is 20.3 Å². The minimum absolute atomic E-state index is 0.146. The predicted octanol–water partition coefficient (Wildman–Crippen LogP) is -1.16. The second-order valence-corrected chi connectivity index (χ2v) is 6.23. The number of carbonyl (C=O) groups excluding carboxylic acids is 2. The van der Waals surface area contributed by atoms with Crippen molar-refractivity contribution in [1.82, 2.24) is 5.32 Å². The Hall–Kier alpha value is -2.01. The highest BCUT2D eigenvalue weighted by molar-refractivity contribution is 7.85. The Bertz CT molecular complexity index is 626. The van der Waals surface area contributed by atoms with Crippen LogP contribution in [-0.2, 0) is 26.1 Å². The number of carbonyl (C=O) groups is 2. The number of amides is 1. The molecule has 1 aromatic carbocycles. The van der Waals surface area contributed by atoms with Crippen molar-refractivity contribution in [2.45, 2.75) is 25.2 Å². The molecular formula is C13H17NO8S. The second kappa shape index (κ2) is 8.58. The van der Waals surface area contributed by atoms with Crippen molar-refractivity contribution in [3.05, 3.63) is 29.8 Å². The van der Waals surface area contributed by atoms with Gasteiger partial charge in [0.2, 0.25) is 6.41 Å². The largest absolute Gasteiger partial charge is 0.427 e. The molecule has 4 N–H and O–H groups in total. The van der Waals surface area contributed by atoms with Crippen LogP contribution >= 0.6 is 0 Å². The van der Waals surface area contributed by atoms with Gasteiger partial charge >= 0.3 is 5.97 Å². The third-order valence-electron chi connectivity index (χ3n) is 2.82. The molecule has 0 radical (unpaired) electrons. The molecule has 0 aliphatic heterocycles. The number of esters is 1. The van der Waals surface area contributed by atoms with Crippen LogP contribution in [0, 0.1) is 0 Å². The molecule has 1 atom stereocenters. The molecule has 9 nitrogen and oxygen atoms in total. The molecule has 1 aromatic rings. The maximum Gasteiger partial charge on any atom is 0.312 e. The maximum atomic E-state index is 11.4. The number of aliphatic hydroxyl groups excluding tert-OH is 1. The molecule has 0 aliphatic rings. The minimum Gasteiger partial charge on any atom is -0.427 e. The van der Waals surface area contributed by atoms with E-state index in [1.54, 1.807) is 12.1 Å². The van der Waals surface area contributed by atoms with Gasteiger partial charge in [0, 0.05) is 0 Å². The summed E-state index contributed by atoms with van der Waals surface area (Å²) in [5, 5.41) is 20.5. The summed E-state index contributed by atoms with van der Waals surface area (Å²) in [6, 6.07) is 5.08. The van der Waals surface area contributed by atoms with Crippen LogP contribution in [0.15, 0.2) is 24.3 Å². The number of benzene rings is 1. The summed E-state index contributed by atoms with van der Waals surface area (Å²) in [5.74, 6) is -1.38. The normalized spacial score (nSPS) is 12.7. The van der Waals surface area contributed by atoms with Crippen molar-refractivity contribution in [1.29, 1.82) is 0 Å². The highest BCUT2D eigenvalue weighted by atomic mass is 32.2. The number of hydrogen-bond donors (Lipinski definition) is 4. The summed E-state index contributed by atoms with van der Waals surface area (Å²) >= 11 is 0. The zero-order valence-corrected chi connectivity index (χ0v) is 12.8. The standard InChI is InChI=1S/C13H17NO8S/c15-8-14-11(13(17)18)7-9-1-3-10(4-2-9)22-12(16)5-6-23(19,20)21/h1-4,8,11,13,17-18H,5-7H2,(H,14,15)(H,19,20,21). The van der Waals surface area contributed by atoms with Crippen LogP contribution in [0.3, 0.4) is 0 Å². The zero-order valence-electron chi connectivity index (χ0n) is 12.0. The molecule has 0 heterocycles. The summed E-state index contributed by atoms with van der Waals surface area (Å²) in [7, 11) is -4.23. The Balaban J connectivity index is 2.59. The molecule has 128 valence electrons. The number of ether oxygens (including phenoxy) is 1. The smallest absolute Gasteiger partial charge is 0.312 e. The van der Waals surface area contributed by atoms with E-state index >= 15 is 0 Å². The highest BCUT2D eigenvalue weighted by Gasteiger charge is 2.16. The van der Waals surface area contributed by atoms with Crippen molar-refractivity contribution in [3.63, 3.8) is 0 Å². The first-order chi connectivity index (χ1) is 10.7. The monoisotopic (exact) mass is 347 g/mol. The Morgan fingerprint density at radius 2 is 1.87 bits per heavy atom. The van der Waals surface area contributed by atoms with Crippen LogP contribution < -0.4 is 10.1 Å². The van der Waals surface area contributed by atoms with Gasteiger partial charge in [-0.1, -0.05) is 12.1 Å². The summed E-state index contributed by atoms with van der Waals surface area (Å²) in [4.78, 5) is 21.7. The second-order valence-electron chi connectivity index (χ2n) is 4.66. The van der Waals surface area contributed by atoms with E-state index in [4.69, 9.17) is 19.5 Å². The third-order valence-corrected chi connectivity index (χ3v) is 3.54. The fraction of sp³-hybridized carbons (Fsp3) is 0.385. The van der Waals surface area contributed by atoms with Gasteiger partial charge in [0.25, 0.3) is 10.1 Å². The minimum atomic E-state index is -4.23. The van der Waals surface area contributed by atoms with Crippen molar-refractivity contribution in [2.75, 3.05) is 5.75 Å². The lowest BCUT2D eigenvalue weighted by Crippen LogP contribution is -2.40. The molecule has 0 bridgehead atoms. The van der Waals surface area contributed by atoms with E-state index in [2.05, 4.69) is 5.32 Å². The van der Waals surface area contributed by atoms with Gasteiger partial charge in [0.05, 0.1) is 18.2 Å². The lowest BCUT2D eigenvalue weighted by molar-refractivity contribution is -0.134. The van der Waals surface area contributed by atoms with Crippen molar-refractivity contribution in [2.24, 2.45) is 0 Å². The van der Waals surface area contributed by atoms with Gasteiger partial charge in [0.1, 0.15) is 5.75 Å². The fourth-order valence-corrected chi connectivity index (χ4v) is 2.10. The van der Waals surface area contributed by atoms with E-state index < -0.39 is 40.6 Å². The molecule has 1 amide bonds. The zero-order chi connectivity index (χ0) is 17.5. The van der Waals surface area contributed by atoms with Crippen molar-refractivity contribution >= 4 is 22.5 Å². The van der Waals surface area contributed by atoms with Crippen molar-refractivity contribution < 1.29 is 37.5 Å². The average molecular weight is 347 g/mol. The Kier molecular flexibility index (Phi) is 7.10. The van der Waals surface area contributed by atoms with E-state index in [0.717, 1.165) is 0 Å². The van der Waals surface area contributed by atoms with Crippen LogP contribution in [0.5, 0.6) is 5.75 Å². The average Bonchev–Trinajstić information content (AvgIpc) is 2.46. The van der Waals surface area contributed by atoms with Crippen LogP contribution in [-0.4, -0.2) is 53.6 Å². The van der Waals surface area contributed by atoms with Crippen LogP contribution in [0.25, 0.3) is 0 Å². The number of hydrogen-bond acceptors (Lipinski definition) is 7. The quantitative estimate of drug-likeness (QED) is 0.144. The van der Waals surface area contributed by atoms with Gasteiger partial charge in [-0.15, -0.1) is 0 Å². The maximum absolute atomic E-state index is 11.4. The fourth-order valence-electron chi connectivity index (χ4n) is 1.68. The Morgan fingerprint density at radius 3 is 2.35 bits per heavy atom. The molecule has 23 heavy (non-hydrogen) atoms. The van der Waals surface area contributed by atoms with E-state index in [0.29, 0.717) is 12.0 Å². The molecular weight excluding hydrogens is 330 g/mol. The van der Waals surface area contributed by atoms with Gasteiger partial charge in [-0.3, -0.25) is 14.1 Å². The molecule has 1 unspecified atom stereocenters. The van der Waals surface area contributed by atoms with E-state index in [9.17, 15) is 18.0 Å². The first kappa shape index (κ1) is 19.0. The summed E-state index contributed by atoms with van der Waals surface area (Å²) in [6.45, 7) is 0. The molecule has 0 fully saturated rings. The number of nitrogens with one attached hydrogen (secondary N) is 1. The van der Waals surface area contributed by atoms with Crippen LogP contribution in [0.1, 0.15) is 12.0 Å². The van der Waals surface area contributed by atoms with Gasteiger partial charge in [-0.25, -0.2) is 0 Å². The Labute approximate surface area is 132 Å². The van der Waals surface area contributed by atoms with E-state index in [-0.39, 0.29) is 12.2 Å². The SMILES string of the molecule is O=CNC(Cc1ccc(OC(=O)CCS(=O)(=O)O)cc1)C(O)O. The lowest BCUT2D eigenvalue weighted by atomic mass is 10.1.